The highest BCUT2D eigenvalue weighted by Gasteiger charge is 2.34. The zero-order valence-electron chi connectivity index (χ0n) is 16.4. The lowest BCUT2D eigenvalue weighted by molar-refractivity contribution is -0.122. The molecule has 1 heterocycles. The Hall–Kier alpha value is -4.03. The molecule has 1 N–H and O–H groups in total. The fourth-order valence-electron chi connectivity index (χ4n) is 3.12. The minimum Gasteiger partial charge on any atom is -0.457 e. The summed E-state index contributed by atoms with van der Waals surface area (Å²) in [7, 11) is 0. The van der Waals surface area contributed by atoms with Crippen LogP contribution in [0.25, 0.3) is 12.2 Å². The predicted octanol–water partition coefficient (Wildman–Crippen LogP) is 4.95. The van der Waals surface area contributed by atoms with Crippen LogP contribution in [0.2, 0.25) is 0 Å². The van der Waals surface area contributed by atoms with Crippen LogP contribution in [0.4, 0.5) is 5.69 Å². The molecule has 6 heteroatoms. The monoisotopic (exact) mass is 426 g/mol. The summed E-state index contributed by atoms with van der Waals surface area (Å²) in [5.41, 5.74) is 2.13. The number of para-hydroxylation sites is 1. The zero-order valence-corrected chi connectivity index (χ0v) is 17.3. The van der Waals surface area contributed by atoms with Crippen molar-refractivity contribution in [1.82, 2.24) is 5.32 Å². The maximum absolute atomic E-state index is 13.1. The van der Waals surface area contributed by atoms with Gasteiger partial charge in [-0.15, -0.1) is 0 Å². The quantitative estimate of drug-likeness (QED) is 0.356. The summed E-state index contributed by atoms with van der Waals surface area (Å²) in [6.45, 7) is 3.74. The lowest BCUT2D eigenvalue weighted by Crippen LogP contribution is -2.54. The van der Waals surface area contributed by atoms with Gasteiger partial charge in [-0.2, -0.15) is 0 Å². The van der Waals surface area contributed by atoms with Crippen LogP contribution in [0, 0.1) is 0 Å². The summed E-state index contributed by atoms with van der Waals surface area (Å²) in [5, 5.41) is 2.62. The highest BCUT2D eigenvalue weighted by molar-refractivity contribution is 7.80. The Kier molecular flexibility index (Phi) is 5.73. The minimum absolute atomic E-state index is 0.000533. The van der Waals surface area contributed by atoms with Crippen LogP contribution in [0.5, 0.6) is 11.5 Å². The van der Waals surface area contributed by atoms with Crippen molar-refractivity contribution >= 4 is 47.0 Å². The highest BCUT2D eigenvalue weighted by atomic mass is 32.1. The van der Waals surface area contributed by atoms with Gasteiger partial charge in [0.05, 0.1) is 5.69 Å². The van der Waals surface area contributed by atoms with E-state index in [1.807, 2.05) is 54.6 Å². The van der Waals surface area contributed by atoms with Gasteiger partial charge in [0, 0.05) is 0 Å². The van der Waals surface area contributed by atoms with Crippen LogP contribution < -0.4 is 15.0 Å². The molecule has 0 aromatic heterocycles. The van der Waals surface area contributed by atoms with Gasteiger partial charge in [0.2, 0.25) is 0 Å². The molecule has 2 amide bonds. The number of anilines is 1. The largest absolute Gasteiger partial charge is 0.457 e. The molecule has 3 aromatic rings. The normalized spacial score (nSPS) is 15.0. The number of thiocarbonyl (C=S) groups is 1. The Bertz CT molecular complexity index is 1200. The fraction of sp³-hybridized carbons (Fsp3) is 0. The molecule has 1 saturated heterocycles. The molecule has 0 saturated carbocycles. The van der Waals surface area contributed by atoms with Crippen molar-refractivity contribution in [2.45, 2.75) is 0 Å². The smallest absolute Gasteiger partial charge is 0.270 e. The lowest BCUT2D eigenvalue weighted by Gasteiger charge is -2.29. The molecule has 0 aliphatic carbocycles. The van der Waals surface area contributed by atoms with E-state index in [1.165, 1.54) is 4.90 Å². The summed E-state index contributed by atoms with van der Waals surface area (Å²) in [5.74, 6) is 0.305. The lowest BCUT2D eigenvalue weighted by atomic mass is 10.0. The summed E-state index contributed by atoms with van der Waals surface area (Å²) in [6, 6.07) is 23.7. The van der Waals surface area contributed by atoms with E-state index in [2.05, 4.69) is 11.9 Å². The second kappa shape index (κ2) is 8.77. The first-order valence-corrected chi connectivity index (χ1v) is 9.93. The molecule has 0 radical (unpaired) electrons. The molecule has 1 aliphatic heterocycles. The van der Waals surface area contributed by atoms with E-state index in [1.54, 1.807) is 36.4 Å². The summed E-state index contributed by atoms with van der Waals surface area (Å²) < 4.78 is 5.79. The number of carbonyl (C=O) groups excluding carboxylic acids is 2. The van der Waals surface area contributed by atoms with Crippen molar-refractivity contribution in [2.75, 3.05) is 4.90 Å². The maximum atomic E-state index is 13.1. The first-order chi connectivity index (χ1) is 15.0. The van der Waals surface area contributed by atoms with E-state index in [9.17, 15) is 9.59 Å². The fourth-order valence-corrected chi connectivity index (χ4v) is 3.40. The Morgan fingerprint density at radius 1 is 0.871 bits per heavy atom. The van der Waals surface area contributed by atoms with Crippen LogP contribution in [-0.2, 0) is 9.59 Å². The molecular weight excluding hydrogens is 408 g/mol. The summed E-state index contributed by atoms with van der Waals surface area (Å²) >= 11 is 5.26. The average molecular weight is 426 g/mol. The number of amides is 2. The van der Waals surface area contributed by atoms with E-state index in [0.29, 0.717) is 17.2 Å². The SMILES string of the molecule is C=Cc1cccc(C=C2C(=O)NC(=S)N(c3ccc(Oc4ccccc4)cc3)C2=O)c1. The Balaban J connectivity index is 1.61. The molecule has 0 atom stereocenters. The van der Waals surface area contributed by atoms with Gasteiger partial charge in [-0.25, -0.2) is 0 Å². The molecule has 5 nitrogen and oxygen atoms in total. The molecule has 1 aliphatic rings. The topological polar surface area (TPSA) is 58.6 Å². The highest BCUT2D eigenvalue weighted by Crippen LogP contribution is 2.27. The van der Waals surface area contributed by atoms with Crippen molar-refractivity contribution < 1.29 is 14.3 Å². The second-order valence-corrected chi connectivity index (χ2v) is 7.13. The number of hydrogen-bond acceptors (Lipinski definition) is 4. The predicted molar refractivity (Wildman–Crippen MR) is 126 cm³/mol. The van der Waals surface area contributed by atoms with Crippen molar-refractivity contribution in [3.8, 4) is 11.5 Å². The van der Waals surface area contributed by atoms with E-state index in [4.69, 9.17) is 17.0 Å². The number of benzene rings is 3. The standard InChI is InChI=1S/C25H18N2O3S/c1-2-17-7-6-8-18(15-17)16-22-23(28)26-25(31)27(24(22)29)19-11-13-21(14-12-19)30-20-9-4-3-5-10-20/h2-16H,1H2,(H,26,28,31). The molecule has 152 valence electrons. The molecule has 1 fully saturated rings. The van der Waals surface area contributed by atoms with Crippen LogP contribution in [0.3, 0.4) is 0 Å². The van der Waals surface area contributed by atoms with Crippen molar-refractivity contribution in [3.63, 3.8) is 0 Å². The van der Waals surface area contributed by atoms with Gasteiger partial charge in [-0.1, -0.05) is 49.1 Å². The van der Waals surface area contributed by atoms with Crippen LogP contribution in [-0.4, -0.2) is 16.9 Å². The van der Waals surface area contributed by atoms with E-state index in [0.717, 1.165) is 11.1 Å². The van der Waals surface area contributed by atoms with Crippen LogP contribution >= 0.6 is 12.2 Å². The molecule has 0 bridgehead atoms. The van der Waals surface area contributed by atoms with Gasteiger partial charge in [-0.3, -0.25) is 19.8 Å². The van der Waals surface area contributed by atoms with E-state index >= 15 is 0 Å². The Morgan fingerprint density at radius 3 is 2.26 bits per heavy atom. The van der Waals surface area contributed by atoms with Gasteiger partial charge in [-0.05, 0) is 71.9 Å². The maximum Gasteiger partial charge on any atom is 0.270 e. The third kappa shape index (κ3) is 4.44. The van der Waals surface area contributed by atoms with Crippen molar-refractivity contribution in [2.24, 2.45) is 0 Å². The van der Waals surface area contributed by atoms with Crippen molar-refractivity contribution in [1.29, 1.82) is 0 Å². The van der Waals surface area contributed by atoms with Gasteiger partial charge in [0.1, 0.15) is 17.1 Å². The zero-order chi connectivity index (χ0) is 21.8. The molecule has 4 rings (SSSR count). The third-order valence-corrected chi connectivity index (χ3v) is 4.92. The first-order valence-electron chi connectivity index (χ1n) is 9.52. The Labute approximate surface area is 185 Å². The molecular formula is C25H18N2O3S. The number of nitrogens with one attached hydrogen (secondary N) is 1. The van der Waals surface area contributed by atoms with Crippen molar-refractivity contribution in [3.05, 3.63) is 102 Å². The summed E-state index contributed by atoms with van der Waals surface area (Å²) in [6.07, 6.45) is 3.25. The van der Waals surface area contributed by atoms with Gasteiger partial charge in [0.15, 0.2) is 5.11 Å². The number of carbonyl (C=O) groups is 2. The number of hydrogen-bond donors (Lipinski definition) is 1. The van der Waals surface area contributed by atoms with E-state index in [-0.39, 0.29) is 10.7 Å². The Morgan fingerprint density at radius 2 is 1.55 bits per heavy atom. The number of rotatable bonds is 5. The minimum atomic E-state index is -0.528. The summed E-state index contributed by atoms with van der Waals surface area (Å²) in [4.78, 5) is 26.9. The number of ether oxygens (including phenoxy) is 1. The molecule has 0 spiro atoms. The van der Waals surface area contributed by atoms with Gasteiger partial charge in [0.25, 0.3) is 11.8 Å². The van der Waals surface area contributed by atoms with Crippen LogP contribution in [0.1, 0.15) is 11.1 Å². The third-order valence-electron chi connectivity index (χ3n) is 4.63. The molecule has 3 aromatic carbocycles. The first kappa shape index (κ1) is 20.3. The van der Waals surface area contributed by atoms with E-state index < -0.39 is 11.8 Å². The van der Waals surface area contributed by atoms with Gasteiger partial charge >= 0.3 is 0 Å². The van der Waals surface area contributed by atoms with Gasteiger partial charge < -0.3 is 4.74 Å². The van der Waals surface area contributed by atoms with Crippen LogP contribution in [0.15, 0.2) is 91.0 Å². The second-order valence-electron chi connectivity index (χ2n) is 6.74. The molecule has 31 heavy (non-hydrogen) atoms. The average Bonchev–Trinajstić information content (AvgIpc) is 2.78. The number of nitrogens with zero attached hydrogens (tertiary/aromatic N) is 1. The molecule has 0 unspecified atom stereocenters.